The molecule has 0 amide bonds. The number of rotatable bonds is 14. The van der Waals surface area contributed by atoms with Gasteiger partial charge < -0.3 is 44.5 Å². The Morgan fingerprint density at radius 2 is 1.32 bits per heavy atom. The highest BCUT2D eigenvalue weighted by Gasteiger charge is 2.53. The number of unbranched alkanes of at least 4 members (excludes halogenated alkanes) is 5. The zero-order chi connectivity index (χ0) is 23.0. The van der Waals surface area contributed by atoms with Crippen LogP contribution in [0, 0.1) is 0 Å². The summed E-state index contributed by atoms with van der Waals surface area (Å²) in [6.45, 7) is 0.0240. The lowest BCUT2D eigenvalue weighted by Crippen LogP contribution is -2.45. The quantitative estimate of drug-likeness (QED) is 0.227. The first-order chi connectivity index (χ1) is 14.8. The molecule has 0 unspecified atom stereocenters. The second-order valence-electron chi connectivity index (χ2n) is 8.09. The molecular formula is C20H36F2O9. The summed E-state index contributed by atoms with van der Waals surface area (Å²) in [6.07, 6.45) is -8.71. The Hall–Kier alpha value is -0.500. The van der Waals surface area contributed by atoms with E-state index in [1.54, 1.807) is 0 Å². The standard InChI is InChI=1S/C20H36F2O9/c1-2-3-4-5-6-7-8-28-20-18(15(27)17(30-20)12(24)10-22)31-19-14(26)13(25)16(29-19)11(23)9-21/h11-20,23-27H,2-10H2,1H3/t11-,12-,13-,14-,15+,16+,17+,18-,19+,20-/m1/s1. The van der Waals surface area contributed by atoms with E-state index in [2.05, 4.69) is 6.92 Å². The summed E-state index contributed by atoms with van der Waals surface area (Å²) in [5.74, 6) is 0. The van der Waals surface area contributed by atoms with Gasteiger partial charge in [0.15, 0.2) is 12.6 Å². The minimum atomic E-state index is -1.68. The van der Waals surface area contributed by atoms with Crippen LogP contribution < -0.4 is 0 Å². The number of alkyl halides is 2. The van der Waals surface area contributed by atoms with Crippen molar-refractivity contribution in [2.75, 3.05) is 20.0 Å². The van der Waals surface area contributed by atoms with E-state index < -0.39 is 74.8 Å². The molecule has 2 saturated heterocycles. The molecule has 0 aromatic carbocycles. The third-order valence-corrected chi connectivity index (χ3v) is 5.64. The van der Waals surface area contributed by atoms with Crippen molar-refractivity contribution < 1.29 is 53.3 Å². The predicted octanol–water partition coefficient (Wildman–Crippen LogP) is -0.0580. The van der Waals surface area contributed by atoms with Gasteiger partial charge in [-0.25, -0.2) is 8.78 Å². The van der Waals surface area contributed by atoms with Gasteiger partial charge in [0.25, 0.3) is 0 Å². The van der Waals surface area contributed by atoms with E-state index in [0.29, 0.717) is 0 Å². The van der Waals surface area contributed by atoms with Crippen LogP contribution in [0.15, 0.2) is 0 Å². The fraction of sp³-hybridized carbons (Fsp3) is 1.00. The van der Waals surface area contributed by atoms with Crippen LogP contribution in [0.4, 0.5) is 8.78 Å². The molecule has 0 radical (unpaired) electrons. The zero-order valence-electron chi connectivity index (χ0n) is 17.8. The van der Waals surface area contributed by atoms with E-state index in [1.165, 1.54) is 0 Å². The van der Waals surface area contributed by atoms with Crippen LogP contribution in [0.3, 0.4) is 0 Å². The molecular weight excluding hydrogens is 422 g/mol. The second-order valence-corrected chi connectivity index (χ2v) is 8.09. The van der Waals surface area contributed by atoms with Crippen molar-refractivity contribution in [3.8, 4) is 0 Å². The summed E-state index contributed by atoms with van der Waals surface area (Å²) in [5.41, 5.74) is 0. The van der Waals surface area contributed by atoms with E-state index >= 15 is 0 Å². The maximum absolute atomic E-state index is 12.9. The first-order valence-electron chi connectivity index (χ1n) is 11.0. The third kappa shape index (κ3) is 6.99. The molecule has 0 spiro atoms. The van der Waals surface area contributed by atoms with Crippen LogP contribution in [0.2, 0.25) is 0 Å². The Balaban J connectivity index is 1.96. The first kappa shape index (κ1) is 26.7. The molecule has 184 valence electrons. The molecule has 2 aliphatic rings. The molecule has 2 rings (SSSR count). The summed E-state index contributed by atoms with van der Waals surface area (Å²) in [5, 5.41) is 50.0. The van der Waals surface area contributed by atoms with Gasteiger partial charge in [0.1, 0.15) is 62.2 Å². The van der Waals surface area contributed by atoms with Gasteiger partial charge in [0, 0.05) is 6.61 Å². The number of hydrogen-bond donors (Lipinski definition) is 5. The van der Waals surface area contributed by atoms with Crippen molar-refractivity contribution in [1.82, 2.24) is 0 Å². The van der Waals surface area contributed by atoms with E-state index in [1.807, 2.05) is 0 Å². The Morgan fingerprint density at radius 1 is 0.774 bits per heavy atom. The van der Waals surface area contributed by atoms with Crippen LogP contribution in [0.1, 0.15) is 45.4 Å². The summed E-state index contributed by atoms with van der Waals surface area (Å²) < 4.78 is 47.5. The third-order valence-electron chi connectivity index (χ3n) is 5.64. The average molecular weight is 458 g/mol. The summed E-state index contributed by atoms with van der Waals surface area (Å²) >= 11 is 0. The van der Waals surface area contributed by atoms with Crippen molar-refractivity contribution in [2.45, 2.75) is 107 Å². The van der Waals surface area contributed by atoms with Crippen LogP contribution in [-0.4, -0.2) is 107 Å². The fourth-order valence-electron chi connectivity index (χ4n) is 3.77. The molecule has 31 heavy (non-hydrogen) atoms. The fourth-order valence-corrected chi connectivity index (χ4v) is 3.77. The lowest BCUT2D eigenvalue weighted by atomic mass is 10.1. The van der Waals surface area contributed by atoms with Gasteiger partial charge in [-0.05, 0) is 6.42 Å². The van der Waals surface area contributed by atoms with Crippen molar-refractivity contribution >= 4 is 0 Å². The molecule has 0 aromatic rings. The van der Waals surface area contributed by atoms with Crippen LogP contribution in [-0.2, 0) is 18.9 Å². The Kier molecular flexibility index (Phi) is 11.4. The van der Waals surface area contributed by atoms with Crippen molar-refractivity contribution in [2.24, 2.45) is 0 Å². The summed E-state index contributed by atoms with van der Waals surface area (Å²) in [6, 6.07) is 0. The second kappa shape index (κ2) is 13.3. The monoisotopic (exact) mass is 458 g/mol. The molecule has 0 aliphatic carbocycles. The minimum Gasteiger partial charge on any atom is -0.388 e. The van der Waals surface area contributed by atoms with Crippen molar-refractivity contribution in [3.63, 3.8) is 0 Å². The maximum Gasteiger partial charge on any atom is 0.187 e. The maximum atomic E-state index is 12.9. The average Bonchev–Trinajstić information content (AvgIpc) is 3.23. The number of halogens is 2. The van der Waals surface area contributed by atoms with Crippen LogP contribution >= 0.6 is 0 Å². The highest BCUT2D eigenvalue weighted by atomic mass is 19.1. The molecule has 2 fully saturated rings. The largest absolute Gasteiger partial charge is 0.388 e. The number of aliphatic hydroxyl groups excluding tert-OH is 5. The number of ether oxygens (including phenoxy) is 4. The van der Waals surface area contributed by atoms with E-state index in [9.17, 15) is 34.3 Å². The van der Waals surface area contributed by atoms with Gasteiger partial charge in [-0.1, -0.05) is 39.0 Å². The Bertz CT molecular complexity index is 503. The normalized spacial score (nSPS) is 37.9. The van der Waals surface area contributed by atoms with Crippen LogP contribution in [0.25, 0.3) is 0 Å². The number of hydrogen-bond acceptors (Lipinski definition) is 9. The van der Waals surface area contributed by atoms with E-state index in [4.69, 9.17) is 18.9 Å². The lowest BCUT2D eigenvalue weighted by molar-refractivity contribution is -0.250. The highest BCUT2D eigenvalue weighted by Crippen LogP contribution is 2.32. The smallest absolute Gasteiger partial charge is 0.187 e. The topological polar surface area (TPSA) is 138 Å². The van der Waals surface area contributed by atoms with Gasteiger partial charge in [0.05, 0.1) is 0 Å². The molecule has 10 atom stereocenters. The molecule has 0 bridgehead atoms. The minimum absolute atomic E-state index is 0.266. The van der Waals surface area contributed by atoms with Gasteiger partial charge >= 0.3 is 0 Å². The van der Waals surface area contributed by atoms with Crippen molar-refractivity contribution in [1.29, 1.82) is 0 Å². The molecule has 0 aromatic heterocycles. The zero-order valence-corrected chi connectivity index (χ0v) is 17.8. The Labute approximate surface area is 180 Å². The number of aliphatic hydroxyl groups is 5. The SMILES string of the molecule is CCCCCCCCO[C@@H]1O[C@@H]([C@H](O)CF)[C@H](O)[C@H]1O[C@@H]1O[C@@H]([C@H](O)CF)[C@H](O)[C@H]1O. The highest BCUT2D eigenvalue weighted by molar-refractivity contribution is 4.95. The summed E-state index contributed by atoms with van der Waals surface area (Å²) in [4.78, 5) is 0. The van der Waals surface area contributed by atoms with E-state index in [0.717, 1.165) is 38.5 Å². The van der Waals surface area contributed by atoms with Gasteiger partial charge in [-0.15, -0.1) is 0 Å². The Morgan fingerprint density at radius 3 is 1.94 bits per heavy atom. The van der Waals surface area contributed by atoms with Gasteiger partial charge in [0.2, 0.25) is 0 Å². The van der Waals surface area contributed by atoms with Crippen molar-refractivity contribution in [3.05, 3.63) is 0 Å². The molecule has 2 heterocycles. The lowest BCUT2D eigenvalue weighted by Gasteiger charge is -2.26. The molecule has 2 aliphatic heterocycles. The molecule has 0 saturated carbocycles. The molecule has 11 heteroatoms. The predicted molar refractivity (Wildman–Crippen MR) is 104 cm³/mol. The van der Waals surface area contributed by atoms with Gasteiger partial charge in [-0.2, -0.15) is 0 Å². The van der Waals surface area contributed by atoms with Gasteiger partial charge in [-0.3, -0.25) is 0 Å². The summed E-state index contributed by atoms with van der Waals surface area (Å²) in [7, 11) is 0. The van der Waals surface area contributed by atoms with E-state index in [-0.39, 0.29) is 6.61 Å². The molecule has 5 N–H and O–H groups in total. The molecule has 9 nitrogen and oxygen atoms in total. The van der Waals surface area contributed by atoms with Crippen LogP contribution in [0.5, 0.6) is 0 Å². The first-order valence-corrected chi connectivity index (χ1v) is 11.0.